The molecule has 0 spiro atoms. The topological polar surface area (TPSA) is 100 Å². The minimum Gasteiger partial charge on any atom is -0.349 e. The molecule has 0 unspecified atom stereocenters. The first-order valence-corrected chi connectivity index (χ1v) is 8.70. The third-order valence-electron chi connectivity index (χ3n) is 3.67. The Balaban J connectivity index is 1.72. The number of amides is 3. The van der Waals surface area contributed by atoms with Crippen LogP contribution in [-0.2, 0) is 4.79 Å². The van der Waals surface area contributed by atoms with Crippen molar-refractivity contribution in [3.8, 4) is 0 Å². The number of benzene rings is 1. The van der Waals surface area contributed by atoms with Gasteiger partial charge in [-0.2, -0.15) is 0 Å². The van der Waals surface area contributed by atoms with Gasteiger partial charge in [-0.3, -0.25) is 14.4 Å². The Labute approximate surface area is 148 Å². The predicted molar refractivity (Wildman–Crippen MR) is 96.0 cm³/mol. The Morgan fingerprint density at radius 3 is 2.60 bits per heavy atom. The molecule has 0 aliphatic heterocycles. The minimum absolute atomic E-state index is 0.135. The van der Waals surface area contributed by atoms with Crippen LogP contribution in [0.2, 0.25) is 0 Å². The van der Waals surface area contributed by atoms with Crippen LogP contribution >= 0.6 is 11.3 Å². The fourth-order valence-electron chi connectivity index (χ4n) is 2.17. The lowest BCUT2D eigenvalue weighted by atomic mass is 10.1. The highest BCUT2D eigenvalue weighted by atomic mass is 32.1. The number of hydrogen-bond acceptors (Lipinski definition) is 5. The van der Waals surface area contributed by atoms with Gasteiger partial charge in [0.1, 0.15) is 4.88 Å². The second kappa shape index (κ2) is 7.02. The van der Waals surface area contributed by atoms with Crippen LogP contribution in [0.5, 0.6) is 0 Å². The minimum atomic E-state index is -0.336. The SMILES string of the molecule is CC(=O)Nc1ncc(C(=O)Nc2cc(C(=O)NC3CC3)ccc2C)s1. The summed E-state index contributed by atoms with van der Waals surface area (Å²) in [6, 6.07) is 5.48. The molecule has 130 valence electrons. The van der Waals surface area contributed by atoms with Crippen molar-refractivity contribution >= 4 is 39.9 Å². The smallest absolute Gasteiger partial charge is 0.267 e. The number of anilines is 2. The molecule has 0 atom stereocenters. The molecule has 25 heavy (non-hydrogen) atoms. The van der Waals surface area contributed by atoms with Gasteiger partial charge in [-0.05, 0) is 37.5 Å². The van der Waals surface area contributed by atoms with Crippen LogP contribution in [-0.4, -0.2) is 28.7 Å². The molecule has 0 radical (unpaired) electrons. The monoisotopic (exact) mass is 358 g/mol. The van der Waals surface area contributed by atoms with E-state index in [2.05, 4.69) is 20.9 Å². The molecule has 1 heterocycles. The largest absolute Gasteiger partial charge is 0.349 e. The average molecular weight is 358 g/mol. The van der Waals surface area contributed by atoms with E-state index in [0.717, 1.165) is 29.7 Å². The molecule has 3 amide bonds. The zero-order valence-corrected chi connectivity index (χ0v) is 14.7. The molecule has 1 aliphatic carbocycles. The summed E-state index contributed by atoms with van der Waals surface area (Å²) in [5.41, 5.74) is 1.93. The van der Waals surface area contributed by atoms with Gasteiger partial charge in [-0.15, -0.1) is 0 Å². The van der Waals surface area contributed by atoms with Crippen molar-refractivity contribution in [2.24, 2.45) is 0 Å². The quantitative estimate of drug-likeness (QED) is 0.765. The van der Waals surface area contributed by atoms with Crippen molar-refractivity contribution in [1.82, 2.24) is 10.3 Å². The van der Waals surface area contributed by atoms with E-state index in [1.54, 1.807) is 18.2 Å². The second-order valence-corrected chi connectivity index (χ2v) is 6.97. The van der Waals surface area contributed by atoms with Crippen LogP contribution in [0.1, 0.15) is 45.4 Å². The first kappa shape index (κ1) is 17.1. The summed E-state index contributed by atoms with van der Waals surface area (Å²) in [6.45, 7) is 3.23. The number of rotatable bonds is 5. The maximum absolute atomic E-state index is 12.4. The van der Waals surface area contributed by atoms with E-state index in [-0.39, 0.29) is 23.8 Å². The third-order valence-corrected chi connectivity index (χ3v) is 4.58. The molecule has 1 aromatic carbocycles. The van der Waals surface area contributed by atoms with Crippen molar-refractivity contribution < 1.29 is 14.4 Å². The number of nitrogens with one attached hydrogen (secondary N) is 3. The molecule has 2 aromatic rings. The number of thiazole rings is 1. The molecule has 3 N–H and O–H groups in total. The molecule has 1 saturated carbocycles. The summed E-state index contributed by atoms with van der Waals surface area (Å²) in [7, 11) is 0. The number of hydrogen-bond donors (Lipinski definition) is 3. The third kappa shape index (κ3) is 4.42. The molecular formula is C17H18N4O3S. The first-order valence-electron chi connectivity index (χ1n) is 7.88. The van der Waals surface area contributed by atoms with Crippen LogP contribution in [0.4, 0.5) is 10.8 Å². The molecule has 1 aliphatic rings. The lowest BCUT2D eigenvalue weighted by Crippen LogP contribution is -2.25. The zero-order chi connectivity index (χ0) is 18.0. The van der Waals surface area contributed by atoms with E-state index >= 15 is 0 Å². The van der Waals surface area contributed by atoms with Crippen LogP contribution in [0.25, 0.3) is 0 Å². The fraction of sp³-hybridized carbons (Fsp3) is 0.294. The van der Waals surface area contributed by atoms with Gasteiger partial charge in [0.05, 0.1) is 6.20 Å². The highest BCUT2D eigenvalue weighted by Crippen LogP contribution is 2.23. The molecule has 8 heteroatoms. The van der Waals surface area contributed by atoms with Crippen LogP contribution in [0.3, 0.4) is 0 Å². The number of aromatic nitrogens is 1. The van der Waals surface area contributed by atoms with Gasteiger partial charge >= 0.3 is 0 Å². The summed E-state index contributed by atoms with van der Waals surface area (Å²) in [4.78, 5) is 39.9. The lowest BCUT2D eigenvalue weighted by Gasteiger charge is -2.10. The lowest BCUT2D eigenvalue weighted by molar-refractivity contribution is -0.114. The van der Waals surface area contributed by atoms with E-state index in [4.69, 9.17) is 0 Å². The normalized spacial score (nSPS) is 13.2. The first-order chi connectivity index (χ1) is 11.9. The van der Waals surface area contributed by atoms with Crippen LogP contribution < -0.4 is 16.0 Å². The summed E-state index contributed by atoms with van der Waals surface area (Å²) < 4.78 is 0. The molecule has 7 nitrogen and oxygen atoms in total. The summed E-state index contributed by atoms with van der Waals surface area (Å²) >= 11 is 1.09. The van der Waals surface area contributed by atoms with Crippen LogP contribution in [0.15, 0.2) is 24.4 Å². The summed E-state index contributed by atoms with van der Waals surface area (Å²) in [5.74, 6) is -0.716. The molecule has 1 fully saturated rings. The van der Waals surface area contributed by atoms with Gasteiger partial charge in [0, 0.05) is 24.2 Å². The molecule has 3 rings (SSSR count). The highest BCUT2D eigenvalue weighted by molar-refractivity contribution is 7.17. The molecule has 0 saturated heterocycles. The van der Waals surface area contributed by atoms with Crippen LogP contribution in [0, 0.1) is 6.92 Å². The maximum Gasteiger partial charge on any atom is 0.267 e. The second-order valence-electron chi connectivity index (χ2n) is 5.94. The average Bonchev–Trinajstić information content (AvgIpc) is 3.24. The van der Waals surface area contributed by atoms with Crippen molar-refractivity contribution in [3.63, 3.8) is 0 Å². The Morgan fingerprint density at radius 1 is 1.16 bits per heavy atom. The Morgan fingerprint density at radius 2 is 1.92 bits per heavy atom. The van der Waals surface area contributed by atoms with Crippen molar-refractivity contribution in [3.05, 3.63) is 40.4 Å². The molecule has 0 bridgehead atoms. The summed E-state index contributed by atoms with van der Waals surface area (Å²) in [6.07, 6.45) is 3.44. The maximum atomic E-state index is 12.4. The van der Waals surface area contributed by atoms with E-state index in [1.807, 2.05) is 6.92 Å². The van der Waals surface area contributed by atoms with E-state index in [9.17, 15) is 14.4 Å². The zero-order valence-electron chi connectivity index (χ0n) is 13.9. The number of carbonyl (C=O) groups is 3. The fourth-order valence-corrected chi connectivity index (χ4v) is 2.92. The van der Waals surface area contributed by atoms with Gasteiger partial charge in [-0.25, -0.2) is 4.98 Å². The summed E-state index contributed by atoms with van der Waals surface area (Å²) in [5, 5.41) is 8.63. The number of nitrogens with zero attached hydrogens (tertiary/aromatic N) is 1. The van der Waals surface area contributed by atoms with Gasteiger partial charge in [0.15, 0.2) is 5.13 Å². The molecule has 1 aromatic heterocycles. The standard InChI is InChI=1S/C17H18N4O3S/c1-9-3-4-11(15(23)20-12-5-6-12)7-13(9)21-16(24)14-8-18-17(25-14)19-10(2)22/h3-4,7-8,12H,5-6H2,1-2H3,(H,20,23)(H,21,24)(H,18,19,22). The van der Waals surface area contributed by atoms with Crippen molar-refractivity contribution in [1.29, 1.82) is 0 Å². The highest BCUT2D eigenvalue weighted by Gasteiger charge is 2.24. The van der Waals surface area contributed by atoms with Gasteiger partial charge in [0.25, 0.3) is 11.8 Å². The van der Waals surface area contributed by atoms with Crippen molar-refractivity contribution in [2.45, 2.75) is 32.7 Å². The Kier molecular flexibility index (Phi) is 4.80. The van der Waals surface area contributed by atoms with Gasteiger partial charge in [0.2, 0.25) is 5.91 Å². The predicted octanol–water partition coefficient (Wildman–Crippen LogP) is 2.55. The molecular weight excluding hydrogens is 340 g/mol. The number of carbonyl (C=O) groups excluding carboxylic acids is 3. The number of aryl methyl sites for hydroxylation is 1. The Bertz CT molecular complexity index is 842. The Hall–Kier alpha value is -2.74. The van der Waals surface area contributed by atoms with E-state index in [1.165, 1.54) is 13.1 Å². The van der Waals surface area contributed by atoms with Gasteiger partial charge < -0.3 is 16.0 Å². The van der Waals surface area contributed by atoms with E-state index in [0.29, 0.717) is 21.3 Å². The van der Waals surface area contributed by atoms with Crippen molar-refractivity contribution in [2.75, 3.05) is 10.6 Å². The van der Waals surface area contributed by atoms with E-state index < -0.39 is 0 Å². The van der Waals surface area contributed by atoms with Gasteiger partial charge in [-0.1, -0.05) is 17.4 Å².